The first-order valence-corrected chi connectivity index (χ1v) is 4.96. The van der Waals surface area contributed by atoms with Crippen LogP contribution in [-0.2, 0) is 0 Å². The lowest BCUT2D eigenvalue weighted by molar-refractivity contribution is 0.203. The molecule has 0 aliphatic rings. The van der Waals surface area contributed by atoms with Gasteiger partial charge in [0, 0.05) is 17.8 Å². The number of methoxy groups -OCH3 is 1. The highest BCUT2D eigenvalue weighted by molar-refractivity contribution is 7.03. The molecule has 15 heavy (non-hydrogen) atoms. The second-order valence-corrected chi connectivity index (χ2v) is 3.29. The van der Waals surface area contributed by atoms with Crippen molar-refractivity contribution >= 4 is 11.5 Å². The molecule has 2 heterocycles. The van der Waals surface area contributed by atoms with Gasteiger partial charge in [-0.1, -0.05) is 4.49 Å². The van der Waals surface area contributed by atoms with E-state index in [-0.39, 0.29) is 5.88 Å². The summed E-state index contributed by atoms with van der Waals surface area (Å²) in [7, 11) is 1.47. The van der Waals surface area contributed by atoms with Gasteiger partial charge in [-0.2, -0.15) is 0 Å². The van der Waals surface area contributed by atoms with Gasteiger partial charge in [0.1, 0.15) is 17.5 Å². The molecule has 1 atom stereocenters. The number of hydrogen-bond donors (Lipinski definition) is 1. The first-order valence-electron chi connectivity index (χ1n) is 4.13. The zero-order chi connectivity index (χ0) is 10.7. The van der Waals surface area contributed by atoms with Gasteiger partial charge in [0.2, 0.25) is 5.88 Å². The SMILES string of the molecule is COc1nccnc1C(O)c1csnn1. The molecule has 1 N–H and O–H groups in total. The van der Waals surface area contributed by atoms with Crippen LogP contribution in [0.4, 0.5) is 0 Å². The molecule has 0 fully saturated rings. The van der Waals surface area contributed by atoms with E-state index in [4.69, 9.17) is 4.74 Å². The fraction of sp³-hybridized carbons (Fsp3) is 0.250. The molecule has 0 saturated heterocycles. The topological polar surface area (TPSA) is 81.0 Å². The monoisotopic (exact) mass is 224 g/mol. The van der Waals surface area contributed by atoms with Crippen molar-refractivity contribution in [2.24, 2.45) is 0 Å². The Kier molecular flexibility index (Phi) is 2.84. The largest absolute Gasteiger partial charge is 0.480 e. The standard InChI is InChI=1S/C8H8N4O2S/c1-14-8-6(9-2-3-10-8)7(13)5-4-15-12-11-5/h2-4,7,13H,1H3. The number of nitrogens with zero attached hydrogens (tertiary/aromatic N) is 4. The number of hydrogen-bond acceptors (Lipinski definition) is 7. The lowest BCUT2D eigenvalue weighted by atomic mass is 10.2. The summed E-state index contributed by atoms with van der Waals surface area (Å²) in [5, 5.41) is 15.3. The average molecular weight is 224 g/mol. The van der Waals surface area contributed by atoms with Gasteiger partial charge in [0.05, 0.1) is 7.11 Å². The molecular weight excluding hydrogens is 216 g/mol. The number of rotatable bonds is 3. The van der Waals surface area contributed by atoms with Crippen LogP contribution in [0.15, 0.2) is 17.8 Å². The van der Waals surface area contributed by atoms with Crippen LogP contribution >= 0.6 is 11.5 Å². The molecule has 7 heteroatoms. The van der Waals surface area contributed by atoms with E-state index >= 15 is 0 Å². The lowest BCUT2D eigenvalue weighted by Crippen LogP contribution is -2.06. The molecule has 6 nitrogen and oxygen atoms in total. The van der Waals surface area contributed by atoms with Gasteiger partial charge in [-0.15, -0.1) is 5.10 Å². The molecule has 0 radical (unpaired) electrons. The molecule has 0 aliphatic heterocycles. The minimum atomic E-state index is -0.951. The second kappa shape index (κ2) is 4.28. The Morgan fingerprint density at radius 2 is 2.20 bits per heavy atom. The molecule has 0 aromatic carbocycles. The maximum Gasteiger partial charge on any atom is 0.238 e. The quantitative estimate of drug-likeness (QED) is 0.813. The Labute approximate surface area is 89.8 Å². The molecule has 0 bridgehead atoms. The van der Waals surface area contributed by atoms with Gasteiger partial charge in [-0.3, -0.25) is 4.98 Å². The van der Waals surface area contributed by atoms with Gasteiger partial charge in [0.25, 0.3) is 0 Å². The summed E-state index contributed by atoms with van der Waals surface area (Å²) in [5.41, 5.74) is 0.784. The van der Waals surface area contributed by atoms with Gasteiger partial charge < -0.3 is 9.84 Å². The Hall–Kier alpha value is -1.60. The van der Waals surface area contributed by atoms with Gasteiger partial charge >= 0.3 is 0 Å². The average Bonchev–Trinajstić information content (AvgIpc) is 2.81. The van der Waals surface area contributed by atoms with Gasteiger partial charge in [-0.05, 0) is 11.5 Å². The number of aliphatic hydroxyl groups is 1. The molecule has 0 amide bonds. The van der Waals surface area contributed by atoms with Crippen LogP contribution in [0.3, 0.4) is 0 Å². The van der Waals surface area contributed by atoms with E-state index < -0.39 is 6.10 Å². The third-order valence-corrected chi connectivity index (χ3v) is 2.32. The van der Waals surface area contributed by atoms with Crippen molar-refractivity contribution in [3.8, 4) is 5.88 Å². The summed E-state index contributed by atoms with van der Waals surface area (Å²) in [5.74, 6) is 0.290. The zero-order valence-electron chi connectivity index (χ0n) is 7.86. The fourth-order valence-corrected chi connectivity index (χ4v) is 1.58. The predicted molar refractivity (Wildman–Crippen MR) is 52.6 cm³/mol. The molecule has 1 unspecified atom stereocenters. The van der Waals surface area contributed by atoms with E-state index in [0.717, 1.165) is 0 Å². The Morgan fingerprint density at radius 1 is 1.40 bits per heavy atom. The van der Waals surface area contributed by atoms with Crippen molar-refractivity contribution in [3.05, 3.63) is 29.2 Å². The molecule has 0 saturated carbocycles. The van der Waals surface area contributed by atoms with E-state index in [9.17, 15) is 5.11 Å². The fourth-order valence-electron chi connectivity index (χ4n) is 1.11. The maximum absolute atomic E-state index is 9.91. The van der Waals surface area contributed by atoms with Crippen molar-refractivity contribution in [2.45, 2.75) is 6.10 Å². The van der Waals surface area contributed by atoms with Crippen LogP contribution in [0.5, 0.6) is 5.88 Å². The van der Waals surface area contributed by atoms with Crippen molar-refractivity contribution in [1.29, 1.82) is 0 Å². The molecule has 0 spiro atoms. The van der Waals surface area contributed by atoms with Crippen molar-refractivity contribution in [3.63, 3.8) is 0 Å². The highest BCUT2D eigenvalue weighted by Gasteiger charge is 2.19. The van der Waals surface area contributed by atoms with Crippen molar-refractivity contribution < 1.29 is 9.84 Å². The Morgan fingerprint density at radius 3 is 2.87 bits per heavy atom. The molecular formula is C8H8N4O2S. The number of aliphatic hydroxyl groups excluding tert-OH is 1. The molecule has 78 valence electrons. The minimum absolute atomic E-state index is 0.290. The van der Waals surface area contributed by atoms with Crippen LogP contribution in [0.25, 0.3) is 0 Å². The summed E-state index contributed by atoms with van der Waals surface area (Å²) < 4.78 is 8.65. The van der Waals surface area contributed by atoms with E-state index in [2.05, 4.69) is 19.6 Å². The van der Waals surface area contributed by atoms with Crippen LogP contribution in [0.1, 0.15) is 17.5 Å². The summed E-state index contributed by atoms with van der Waals surface area (Å²) in [6, 6.07) is 0. The highest BCUT2D eigenvalue weighted by atomic mass is 32.1. The van der Waals surface area contributed by atoms with E-state index in [0.29, 0.717) is 11.4 Å². The zero-order valence-corrected chi connectivity index (χ0v) is 8.68. The minimum Gasteiger partial charge on any atom is -0.480 e. The first-order chi connectivity index (χ1) is 7.33. The molecule has 2 aromatic rings. The van der Waals surface area contributed by atoms with E-state index in [1.807, 2.05) is 0 Å². The maximum atomic E-state index is 9.91. The second-order valence-electron chi connectivity index (χ2n) is 2.68. The van der Waals surface area contributed by atoms with E-state index in [1.165, 1.54) is 31.0 Å². The number of aromatic nitrogens is 4. The predicted octanol–water partition coefficient (Wildman–Crippen LogP) is 0.418. The normalized spacial score (nSPS) is 12.4. The van der Waals surface area contributed by atoms with E-state index in [1.54, 1.807) is 5.38 Å². The molecule has 2 aromatic heterocycles. The van der Waals surface area contributed by atoms with Crippen LogP contribution < -0.4 is 4.74 Å². The Bertz CT molecular complexity index is 434. The molecule has 2 rings (SSSR count). The smallest absolute Gasteiger partial charge is 0.238 e. The first kappa shape index (κ1) is 9.94. The van der Waals surface area contributed by atoms with Crippen molar-refractivity contribution in [2.75, 3.05) is 7.11 Å². The van der Waals surface area contributed by atoms with Crippen LogP contribution in [0, 0.1) is 0 Å². The van der Waals surface area contributed by atoms with Crippen LogP contribution in [-0.4, -0.2) is 31.8 Å². The third-order valence-electron chi connectivity index (χ3n) is 1.80. The molecule has 0 aliphatic carbocycles. The summed E-state index contributed by atoms with van der Waals surface area (Å²) in [4.78, 5) is 7.94. The van der Waals surface area contributed by atoms with Crippen LogP contribution in [0.2, 0.25) is 0 Å². The third kappa shape index (κ3) is 1.92. The van der Waals surface area contributed by atoms with Gasteiger partial charge in [0.15, 0.2) is 0 Å². The van der Waals surface area contributed by atoms with Crippen molar-refractivity contribution in [1.82, 2.24) is 19.6 Å². The van der Waals surface area contributed by atoms with Gasteiger partial charge in [-0.25, -0.2) is 4.98 Å². The lowest BCUT2D eigenvalue weighted by Gasteiger charge is -2.09. The Balaban J connectivity index is 2.37. The highest BCUT2D eigenvalue weighted by Crippen LogP contribution is 2.24. The number of ether oxygens (including phenoxy) is 1. The summed E-state index contributed by atoms with van der Waals surface area (Å²) in [6.45, 7) is 0. The summed E-state index contributed by atoms with van der Waals surface area (Å²) >= 11 is 1.17. The summed E-state index contributed by atoms with van der Waals surface area (Å²) in [6.07, 6.45) is 2.03.